The fourth-order valence-corrected chi connectivity index (χ4v) is 2.64. The average molecular weight is 331 g/mol. The van der Waals surface area contributed by atoms with Gasteiger partial charge in [-0.1, -0.05) is 29.8 Å². The van der Waals surface area contributed by atoms with E-state index in [1.54, 1.807) is 20.8 Å². The van der Waals surface area contributed by atoms with Crippen molar-refractivity contribution >= 4 is 17.7 Å². The molecule has 0 N–H and O–H groups in total. The minimum Gasteiger partial charge on any atom is -0.444 e. The lowest BCUT2D eigenvalue weighted by Crippen LogP contribution is -2.48. The normalized spacial score (nSPS) is 18.4. The maximum absolute atomic E-state index is 12.5. The van der Waals surface area contributed by atoms with Gasteiger partial charge in [-0.25, -0.2) is 4.79 Å². The number of hydrogen-bond acceptors (Lipinski definition) is 4. The molecule has 0 aromatic heterocycles. The standard InChI is InChI=1S/C19H25NO4/c1-13-5-7-14(8-6-13)11-17(22)15-12-20(10-9-16(15)21)18(23)24-19(2,3)4/h5-8,15H,9-12H2,1-4H3. The van der Waals surface area contributed by atoms with Gasteiger partial charge in [0.2, 0.25) is 0 Å². The first-order valence-electron chi connectivity index (χ1n) is 8.24. The van der Waals surface area contributed by atoms with Crippen LogP contribution in [-0.4, -0.2) is 41.3 Å². The Bertz CT molecular complexity index is 628. The molecule has 24 heavy (non-hydrogen) atoms. The zero-order valence-corrected chi connectivity index (χ0v) is 14.8. The van der Waals surface area contributed by atoms with Crippen molar-refractivity contribution in [3.8, 4) is 0 Å². The molecule has 2 rings (SSSR count). The first-order chi connectivity index (χ1) is 11.2. The van der Waals surface area contributed by atoms with Gasteiger partial charge >= 0.3 is 6.09 Å². The van der Waals surface area contributed by atoms with Crippen LogP contribution in [0, 0.1) is 12.8 Å². The number of nitrogens with zero attached hydrogens (tertiary/aromatic N) is 1. The van der Waals surface area contributed by atoms with Gasteiger partial charge in [0, 0.05) is 25.9 Å². The van der Waals surface area contributed by atoms with Crippen molar-refractivity contribution in [2.45, 2.75) is 46.1 Å². The zero-order chi connectivity index (χ0) is 17.9. The Morgan fingerprint density at radius 3 is 2.42 bits per heavy atom. The van der Waals surface area contributed by atoms with E-state index in [0.717, 1.165) is 11.1 Å². The Hall–Kier alpha value is -2.17. The second-order valence-corrected chi connectivity index (χ2v) is 7.32. The van der Waals surface area contributed by atoms with Crippen molar-refractivity contribution in [2.75, 3.05) is 13.1 Å². The monoisotopic (exact) mass is 331 g/mol. The highest BCUT2D eigenvalue weighted by Crippen LogP contribution is 2.19. The van der Waals surface area contributed by atoms with E-state index in [4.69, 9.17) is 4.74 Å². The zero-order valence-electron chi connectivity index (χ0n) is 14.8. The highest BCUT2D eigenvalue weighted by Gasteiger charge is 2.35. The molecule has 1 aromatic rings. The second-order valence-electron chi connectivity index (χ2n) is 7.32. The molecule has 1 heterocycles. The fraction of sp³-hybridized carbons (Fsp3) is 0.526. The molecule has 1 atom stereocenters. The molecular weight excluding hydrogens is 306 g/mol. The lowest BCUT2D eigenvalue weighted by Gasteiger charge is -2.32. The summed E-state index contributed by atoms with van der Waals surface area (Å²) in [7, 11) is 0. The summed E-state index contributed by atoms with van der Waals surface area (Å²) < 4.78 is 5.34. The van der Waals surface area contributed by atoms with Crippen LogP contribution in [0.2, 0.25) is 0 Å². The molecule has 130 valence electrons. The Morgan fingerprint density at radius 1 is 1.21 bits per heavy atom. The molecule has 0 aliphatic carbocycles. The minimum atomic E-state index is -0.757. The topological polar surface area (TPSA) is 63.7 Å². The third-order valence-corrected chi connectivity index (χ3v) is 3.96. The molecule has 1 aliphatic rings. The highest BCUT2D eigenvalue weighted by molar-refractivity contribution is 6.04. The minimum absolute atomic E-state index is 0.0908. The van der Waals surface area contributed by atoms with Gasteiger partial charge in [0.15, 0.2) is 0 Å². The molecule has 1 aliphatic heterocycles. The smallest absolute Gasteiger partial charge is 0.410 e. The summed E-state index contributed by atoms with van der Waals surface area (Å²) in [5.41, 5.74) is 1.41. The van der Waals surface area contributed by atoms with Crippen molar-refractivity contribution in [3.63, 3.8) is 0 Å². The lowest BCUT2D eigenvalue weighted by atomic mass is 9.89. The summed E-state index contributed by atoms with van der Waals surface area (Å²) in [6, 6.07) is 7.68. The number of piperidine rings is 1. The number of ether oxygens (including phenoxy) is 1. The number of carbonyl (C=O) groups excluding carboxylic acids is 3. The Kier molecular flexibility index (Phi) is 5.42. The molecule has 1 fully saturated rings. The van der Waals surface area contributed by atoms with Crippen molar-refractivity contribution in [1.82, 2.24) is 4.90 Å². The van der Waals surface area contributed by atoms with E-state index in [9.17, 15) is 14.4 Å². The number of benzene rings is 1. The molecule has 0 bridgehead atoms. The number of aryl methyl sites for hydroxylation is 1. The number of likely N-dealkylation sites (tertiary alicyclic amines) is 1. The van der Waals surface area contributed by atoms with Gasteiger partial charge in [-0.2, -0.15) is 0 Å². The van der Waals surface area contributed by atoms with Crippen molar-refractivity contribution in [3.05, 3.63) is 35.4 Å². The maximum atomic E-state index is 12.5. The van der Waals surface area contributed by atoms with Crippen molar-refractivity contribution in [1.29, 1.82) is 0 Å². The van der Waals surface area contributed by atoms with Crippen LogP contribution in [0.25, 0.3) is 0 Å². The molecule has 1 saturated heterocycles. The van der Waals surface area contributed by atoms with Crippen LogP contribution in [0.15, 0.2) is 24.3 Å². The van der Waals surface area contributed by atoms with E-state index in [0.29, 0.717) is 6.54 Å². The number of rotatable bonds is 3. The third-order valence-electron chi connectivity index (χ3n) is 3.96. The summed E-state index contributed by atoms with van der Waals surface area (Å²) in [6.07, 6.45) is -0.0642. The van der Waals surface area contributed by atoms with E-state index in [1.807, 2.05) is 31.2 Å². The first-order valence-corrected chi connectivity index (χ1v) is 8.24. The van der Waals surface area contributed by atoms with E-state index >= 15 is 0 Å². The highest BCUT2D eigenvalue weighted by atomic mass is 16.6. The van der Waals surface area contributed by atoms with Crippen LogP contribution in [-0.2, 0) is 20.7 Å². The van der Waals surface area contributed by atoms with Gasteiger partial charge < -0.3 is 9.64 Å². The second kappa shape index (κ2) is 7.16. The van der Waals surface area contributed by atoms with Crippen LogP contribution in [0.3, 0.4) is 0 Å². The molecule has 0 radical (unpaired) electrons. The van der Waals surface area contributed by atoms with E-state index in [1.165, 1.54) is 4.90 Å². The molecule has 1 unspecified atom stereocenters. The van der Waals surface area contributed by atoms with Gasteiger partial charge in [-0.3, -0.25) is 9.59 Å². The van der Waals surface area contributed by atoms with Crippen molar-refractivity contribution in [2.24, 2.45) is 5.92 Å². The Labute approximate surface area is 143 Å². The first kappa shape index (κ1) is 18.2. The Morgan fingerprint density at radius 2 is 1.83 bits per heavy atom. The molecule has 1 aromatic carbocycles. The van der Waals surface area contributed by atoms with Gasteiger partial charge in [-0.15, -0.1) is 0 Å². The number of ketones is 2. The lowest BCUT2D eigenvalue weighted by molar-refractivity contribution is -0.135. The number of carbonyl (C=O) groups is 3. The third kappa shape index (κ3) is 4.91. The van der Waals surface area contributed by atoms with Crippen LogP contribution >= 0.6 is 0 Å². The number of hydrogen-bond donors (Lipinski definition) is 0. The van der Waals surface area contributed by atoms with Gasteiger partial charge in [0.1, 0.15) is 17.2 Å². The van der Waals surface area contributed by atoms with E-state index < -0.39 is 17.6 Å². The van der Waals surface area contributed by atoms with Crippen molar-refractivity contribution < 1.29 is 19.1 Å². The molecule has 5 heteroatoms. The quantitative estimate of drug-likeness (QED) is 0.799. The number of amides is 1. The molecule has 0 spiro atoms. The van der Waals surface area contributed by atoms with Crippen LogP contribution < -0.4 is 0 Å². The van der Waals surface area contributed by atoms with E-state index in [-0.39, 0.29) is 31.0 Å². The maximum Gasteiger partial charge on any atom is 0.410 e. The van der Waals surface area contributed by atoms with Gasteiger partial charge in [0.05, 0.1) is 5.92 Å². The average Bonchev–Trinajstić information content (AvgIpc) is 2.48. The van der Waals surface area contributed by atoms with Crippen LogP contribution in [0.4, 0.5) is 4.79 Å². The molecule has 0 saturated carbocycles. The fourth-order valence-electron chi connectivity index (χ4n) is 2.64. The SMILES string of the molecule is Cc1ccc(CC(=O)C2CN(C(=O)OC(C)(C)C)CCC2=O)cc1. The van der Waals surface area contributed by atoms with Gasteiger partial charge in [-0.05, 0) is 33.3 Å². The summed E-state index contributed by atoms with van der Waals surface area (Å²) in [4.78, 5) is 38.3. The molecular formula is C19H25NO4. The van der Waals surface area contributed by atoms with E-state index in [2.05, 4.69) is 0 Å². The predicted molar refractivity (Wildman–Crippen MR) is 90.8 cm³/mol. The van der Waals surface area contributed by atoms with Crippen LogP contribution in [0.5, 0.6) is 0 Å². The largest absolute Gasteiger partial charge is 0.444 e. The predicted octanol–water partition coefficient (Wildman–Crippen LogP) is 2.93. The molecule has 5 nitrogen and oxygen atoms in total. The van der Waals surface area contributed by atoms with Gasteiger partial charge in [0.25, 0.3) is 0 Å². The summed E-state index contributed by atoms with van der Waals surface area (Å²) in [6.45, 7) is 7.77. The summed E-state index contributed by atoms with van der Waals surface area (Å²) >= 11 is 0. The van der Waals surface area contributed by atoms with Crippen LogP contribution in [0.1, 0.15) is 38.3 Å². The number of Topliss-reactive ketones (excluding diaryl/α,β-unsaturated/α-hetero) is 2. The summed E-state index contributed by atoms with van der Waals surface area (Å²) in [5, 5.41) is 0. The summed E-state index contributed by atoms with van der Waals surface area (Å²) in [5.74, 6) is -0.989. The Balaban J connectivity index is 2.02. The molecule has 1 amide bonds.